The van der Waals surface area contributed by atoms with Crippen molar-refractivity contribution in [3.8, 4) is 23.3 Å². The molecule has 1 saturated heterocycles. The Kier molecular flexibility index (Phi) is 11.6. The minimum Gasteiger partial charge on any atom is -0.512 e. The summed E-state index contributed by atoms with van der Waals surface area (Å²) >= 11 is 1.34. The zero-order chi connectivity index (χ0) is 36.8. The van der Waals surface area contributed by atoms with Crippen LogP contribution in [-0.4, -0.2) is 77.0 Å². The number of nitrogens with two attached hydrogens (primary N) is 1. The van der Waals surface area contributed by atoms with E-state index >= 15 is 0 Å². The minimum absolute atomic E-state index is 0.0350. The maximum atomic E-state index is 13.9. The Morgan fingerprint density at radius 2 is 1.59 bits per heavy atom. The number of nitrogens with zero attached hydrogens (tertiary/aromatic N) is 1. The lowest BCUT2D eigenvalue weighted by atomic mass is 9.52. The number of ether oxygens (including phenoxy) is 2. The molecule has 1 fully saturated rings. The van der Waals surface area contributed by atoms with E-state index < -0.39 is 27.5 Å². The van der Waals surface area contributed by atoms with Gasteiger partial charge >= 0.3 is 0 Å². The molecule has 4 aromatic rings. The van der Waals surface area contributed by atoms with Gasteiger partial charge < -0.3 is 25.6 Å². The molecular weight excluding hydrogens is 658 g/mol. The quantitative estimate of drug-likeness (QED) is 0.119. The van der Waals surface area contributed by atoms with Gasteiger partial charge in [-0.15, -0.1) is 11.8 Å². The standard InChI is InChI=1S/C37H31B4N3O6S/c1-36(38,48)49-29-17-14-25(20-30(29)50-37(39,40)41)18-19-43-32(45)22-31-34(47)44(28-9-5-8-27(21-28)33(42)46)35(51-31)26-15-12-24(13-16-26)11-10-23-6-3-2-4-7-23/h2-9,12-17,20-21,31,35,48H,18-19,22H2,1H3,(H2,42,46)(H,43,45)/t31-,35+,36?/m1/s1. The molecule has 8 radical (unpaired) electrons. The molecule has 14 heteroatoms. The molecule has 1 aliphatic heterocycles. The van der Waals surface area contributed by atoms with Gasteiger partial charge in [0.25, 0.3) is 0 Å². The fraction of sp³-hybridized carbons (Fsp3) is 0.216. The minimum atomic E-state index is -2.04. The SMILES string of the molecule is [B]C([B])([B])Oc1cc(CCNC(=O)C[C@H]2S[C@@H](c3ccc(C#Cc4ccccc4)cc3)N(c3cccc(C(N)=O)c3)C2=O)ccc1OC([B])(C)O. The molecule has 51 heavy (non-hydrogen) atoms. The van der Waals surface area contributed by atoms with Crippen LogP contribution in [0.4, 0.5) is 5.69 Å². The number of nitrogens with one attached hydrogen (secondary N) is 1. The zero-order valence-electron chi connectivity index (χ0n) is 27.7. The van der Waals surface area contributed by atoms with Crippen molar-refractivity contribution in [2.24, 2.45) is 5.73 Å². The number of carbonyl (C=O) groups is 3. The Morgan fingerprint density at radius 3 is 2.24 bits per heavy atom. The fourth-order valence-corrected chi connectivity index (χ4v) is 6.70. The molecule has 0 aromatic heterocycles. The number of thioether (sulfide) groups is 1. The second-order valence-corrected chi connectivity index (χ2v) is 13.3. The van der Waals surface area contributed by atoms with Crippen LogP contribution in [0.3, 0.4) is 0 Å². The van der Waals surface area contributed by atoms with Crippen LogP contribution in [-0.2, 0) is 16.0 Å². The van der Waals surface area contributed by atoms with Crippen LogP contribution in [0, 0.1) is 11.8 Å². The number of anilines is 1. The van der Waals surface area contributed by atoms with Gasteiger partial charge in [0.2, 0.25) is 17.7 Å². The number of aliphatic hydroxyl groups is 1. The lowest BCUT2D eigenvalue weighted by Gasteiger charge is -2.28. The molecule has 4 aromatic carbocycles. The summed E-state index contributed by atoms with van der Waals surface area (Å²) in [6.45, 7) is 1.45. The molecular formula is C37H31B4N3O6S. The topological polar surface area (TPSA) is 131 Å². The molecule has 1 unspecified atom stereocenters. The van der Waals surface area contributed by atoms with Gasteiger partial charge in [0.05, 0.1) is 5.25 Å². The molecule has 0 spiro atoms. The molecule has 1 aliphatic rings. The van der Waals surface area contributed by atoms with Crippen LogP contribution in [0.2, 0.25) is 0 Å². The van der Waals surface area contributed by atoms with Gasteiger partial charge in [0, 0.05) is 35.3 Å². The third kappa shape index (κ3) is 10.5. The van der Waals surface area contributed by atoms with E-state index in [-0.39, 0.29) is 41.8 Å². The van der Waals surface area contributed by atoms with Crippen molar-refractivity contribution < 1.29 is 29.0 Å². The predicted molar refractivity (Wildman–Crippen MR) is 201 cm³/mol. The van der Waals surface area contributed by atoms with Crippen molar-refractivity contribution in [3.05, 3.63) is 125 Å². The lowest BCUT2D eigenvalue weighted by molar-refractivity contribution is -0.124. The number of benzene rings is 4. The van der Waals surface area contributed by atoms with Gasteiger partial charge in [0.1, 0.15) is 28.9 Å². The summed E-state index contributed by atoms with van der Waals surface area (Å²) in [7, 11) is 22.4. The van der Waals surface area contributed by atoms with E-state index in [9.17, 15) is 19.5 Å². The molecule has 1 heterocycles. The van der Waals surface area contributed by atoms with Gasteiger partial charge in [-0.25, -0.2) is 0 Å². The number of carbonyl (C=O) groups excluding carboxylic acids is 3. The highest BCUT2D eigenvalue weighted by atomic mass is 32.2. The molecule has 9 nitrogen and oxygen atoms in total. The highest BCUT2D eigenvalue weighted by Crippen LogP contribution is 2.46. The smallest absolute Gasteiger partial charge is 0.248 e. The summed E-state index contributed by atoms with van der Waals surface area (Å²) in [4.78, 5) is 40.6. The number of primary amides is 1. The Morgan fingerprint density at radius 1 is 0.902 bits per heavy atom. The number of hydrogen-bond acceptors (Lipinski definition) is 7. The van der Waals surface area contributed by atoms with Crippen LogP contribution in [0.1, 0.15) is 51.3 Å². The first kappa shape index (κ1) is 37.3. The van der Waals surface area contributed by atoms with Crippen molar-refractivity contribution in [1.29, 1.82) is 0 Å². The van der Waals surface area contributed by atoms with Crippen molar-refractivity contribution in [3.63, 3.8) is 0 Å². The van der Waals surface area contributed by atoms with E-state index in [2.05, 4.69) is 17.2 Å². The van der Waals surface area contributed by atoms with E-state index in [4.69, 9.17) is 46.6 Å². The van der Waals surface area contributed by atoms with Crippen LogP contribution >= 0.6 is 11.8 Å². The van der Waals surface area contributed by atoms with Crippen molar-refractivity contribution in [2.45, 2.75) is 41.4 Å². The first-order valence-corrected chi connectivity index (χ1v) is 16.8. The van der Waals surface area contributed by atoms with Crippen LogP contribution in [0.5, 0.6) is 11.5 Å². The third-order valence-electron chi connectivity index (χ3n) is 7.49. The van der Waals surface area contributed by atoms with Crippen molar-refractivity contribution in [2.75, 3.05) is 11.4 Å². The van der Waals surface area contributed by atoms with Gasteiger partial charge in [0.15, 0.2) is 25.0 Å². The summed E-state index contributed by atoms with van der Waals surface area (Å²) < 4.78 is 10.7. The monoisotopic (exact) mass is 689 g/mol. The second-order valence-electron chi connectivity index (χ2n) is 12.0. The third-order valence-corrected chi connectivity index (χ3v) is 8.93. The largest absolute Gasteiger partial charge is 0.512 e. The Bertz CT molecular complexity index is 1960. The maximum Gasteiger partial charge on any atom is 0.248 e. The Hall–Kier alpha value is -4.98. The van der Waals surface area contributed by atoms with Crippen molar-refractivity contribution >= 4 is 66.6 Å². The number of hydrogen-bond donors (Lipinski definition) is 3. The number of amides is 3. The van der Waals surface area contributed by atoms with Gasteiger partial charge in [-0.1, -0.05) is 54.3 Å². The molecule has 0 bridgehead atoms. The molecule has 3 atom stereocenters. The summed E-state index contributed by atoms with van der Waals surface area (Å²) in [6.07, 6.45) is 0.267. The van der Waals surface area contributed by atoms with Gasteiger partial charge in [-0.2, -0.15) is 0 Å². The molecule has 4 N–H and O–H groups in total. The van der Waals surface area contributed by atoms with Crippen LogP contribution in [0.15, 0.2) is 97.1 Å². The van der Waals surface area contributed by atoms with E-state index in [0.717, 1.165) is 16.7 Å². The lowest BCUT2D eigenvalue weighted by Crippen LogP contribution is -2.38. The maximum absolute atomic E-state index is 13.9. The summed E-state index contributed by atoms with van der Waals surface area (Å²) in [5.41, 5.74) is 7.49. The zero-order valence-corrected chi connectivity index (χ0v) is 28.6. The average molecular weight is 689 g/mol. The first-order chi connectivity index (χ1) is 24.1. The Balaban J connectivity index is 1.29. The Labute approximate surface area is 306 Å². The average Bonchev–Trinajstić information content (AvgIpc) is 3.39. The fourth-order valence-electron chi connectivity index (χ4n) is 5.25. The normalized spacial score (nSPS) is 16.7. The summed E-state index contributed by atoms with van der Waals surface area (Å²) in [5.74, 6) is 5.14. The van der Waals surface area contributed by atoms with Gasteiger partial charge in [-0.05, 0) is 84.4 Å². The van der Waals surface area contributed by atoms with Gasteiger partial charge in [-0.3, -0.25) is 19.3 Å². The van der Waals surface area contributed by atoms with Crippen molar-refractivity contribution in [1.82, 2.24) is 5.32 Å². The van der Waals surface area contributed by atoms with E-state index in [0.29, 0.717) is 17.7 Å². The molecule has 0 aliphatic carbocycles. The van der Waals surface area contributed by atoms with E-state index in [1.807, 2.05) is 54.6 Å². The molecule has 5 rings (SSSR count). The van der Waals surface area contributed by atoms with Crippen LogP contribution in [0.25, 0.3) is 0 Å². The second kappa shape index (κ2) is 15.9. The summed E-state index contributed by atoms with van der Waals surface area (Å²) in [6, 6.07) is 28.5. The first-order valence-electron chi connectivity index (χ1n) is 15.9. The highest BCUT2D eigenvalue weighted by Gasteiger charge is 2.43. The predicted octanol–water partition coefficient (Wildman–Crippen LogP) is 2.79. The van der Waals surface area contributed by atoms with E-state index in [1.165, 1.54) is 24.8 Å². The molecule has 3 amide bonds. The molecule has 248 valence electrons. The van der Waals surface area contributed by atoms with Crippen LogP contribution < -0.4 is 25.4 Å². The highest BCUT2D eigenvalue weighted by molar-refractivity contribution is 8.01. The summed E-state index contributed by atoms with van der Waals surface area (Å²) in [5, 5.41) is 9.50. The molecule has 0 saturated carbocycles. The van der Waals surface area contributed by atoms with E-state index in [1.54, 1.807) is 41.3 Å². The number of rotatable bonds is 12.